The van der Waals surface area contributed by atoms with Crippen LogP contribution in [-0.4, -0.2) is 29.3 Å². The normalized spacial score (nSPS) is 14.1. The van der Waals surface area contributed by atoms with Crippen LogP contribution in [0, 0.1) is 26.2 Å². The molecule has 0 aliphatic carbocycles. The van der Waals surface area contributed by atoms with Crippen molar-refractivity contribution in [2.45, 2.75) is 26.8 Å². The summed E-state index contributed by atoms with van der Waals surface area (Å²) >= 11 is 0. The summed E-state index contributed by atoms with van der Waals surface area (Å²) in [6.45, 7) is 5.65. The van der Waals surface area contributed by atoms with E-state index >= 15 is 0 Å². The summed E-state index contributed by atoms with van der Waals surface area (Å²) in [6, 6.07) is 14.6. The summed E-state index contributed by atoms with van der Waals surface area (Å²) in [5.74, 6) is 1.60. The average Bonchev–Trinajstić information content (AvgIpc) is 3.32. The predicted molar refractivity (Wildman–Crippen MR) is 137 cm³/mol. The van der Waals surface area contributed by atoms with Crippen molar-refractivity contribution in [3.63, 3.8) is 0 Å². The largest absolute Gasteiger partial charge is 0.358 e. The Balaban J connectivity index is 1.63. The maximum absolute atomic E-state index is 12.9. The molecule has 176 valence electrons. The first-order valence-corrected chi connectivity index (χ1v) is 11.2. The van der Waals surface area contributed by atoms with Gasteiger partial charge in [0.15, 0.2) is 0 Å². The van der Waals surface area contributed by atoms with Crippen LogP contribution in [0.2, 0.25) is 0 Å². The molecular weight excluding hydrogens is 440 g/mol. The fraction of sp³-hybridized carbons (Fsp3) is 0.179. The Labute approximate surface area is 204 Å². The molecule has 7 heteroatoms. The number of aryl methyl sites for hydroxylation is 1. The Morgan fingerprint density at radius 3 is 2.57 bits per heavy atom. The molecule has 3 amide bonds. The van der Waals surface area contributed by atoms with Gasteiger partial charge in [-0.25, -0.2) is 0 Å². The summed E-state index contributed by atoms with van der Waals surface area (Å²) in [5, 5.41) is 8.51. The van der Waals surface area contributed by atoms with Gasteiger partial charge in [0.2, 0.25) is 0 Å². The number of rotatable bonds is 6. The van der Waals surface area contributed by atoms with E-state index in [1.807, 2.05) is 44.2 Å². The van der Waals surface area contributed by atoms with Gasteiger partial charge in [-0.05, 0) is 56.2 Å². The monoisotopic (exact) mass is 466 g/mol. The molecule has 2 heterocycles. The van der Waals surface area contributed by atoms with Crippen molar-refractivity contribution in [3.05, 3.63) is 87.7 Å². The molecule has 0 bridgehead atoms. The van der Waals surface area contributed by atoms with E-state index in [0.717, 1.165) is 5.56 Å². The molecule has 0 radical (unpaired) electrons. The number of aromatic amines is 1. The van der Waals surface area contributed by atoms with E-state index in [1.54, 1.807) is 31.2 Å². The smallest absolute Gasteiger partial charge is 0.256 e. The van der Waals surface area contributed by atoms with E-state index in [0.29, 0.717) is 44.9 Å². The van der Waals surface area contributed by atoms with Crippen molar-refractivity contribution in [1.82, 2.24) is 15.6 Å². The number of aromatic nitrogens is 1. The fourth-order valence-corrected chi connectivity index (χ4v) is 4.20. The van der Waals surface area contributed by atoms with Crippen LogP contribution >= 0.6 is 0 Å². The van der Waals surface area contributed by atoms with Gasteiger partial charge in [-0.15, -0.1) is 6.42 Å². The first-order valence-electron chi connectivity index (χ1n) is 11.2. The molecule has 4 N–H and O–H groups in total. The summed E-state index contributed by atoms with van der Waals surface area (Å²) in [6.07, 6.45) is 6.94. The van der Waals surface area contributed by atoms with Crippen molar-refractivity contribution in [1.29, 1.82) is 0 Å². The molecule has 1 atom stereocenters. The van der Waals surface area contributed by atoms with Crippen molar-refractivity contribution in [2.75, 3.05) is 11.9 Å². The van der Waals surface area contributed by atoms with Crippen molar-refractivity contribution in [2.24, 2.45) is 0 Å². The maximum Gasteiger partial charge on any atom is 0.256 e. The number of nitrogens with one attached hydrogen (secondary N) is 4. The molecule has 7 nitrogen and oxygen atoms in total. The summed E-state index contributed by atoms with van der Waals surface area (Å²) in [7, 11) is 0. The van der Waals surface area contributed by atoms with E-state index in [2.05, 4.69) is 26.9 Å². The molecule has 1 aliphatic rings. The van der Waals surface area contributed by atoms with Crippen molar-refractivity contribution >= 4 is 35.1 Å². The third kappa shape index (κ3) is 4.73. The summed E-state index contributed by atoms with van der Waals surface area (Å²) < 4.78 is 0. The quantitative estimate of drug-likeness (QED) is 0.326. The lowest BCUT2D eigenvalue weighted by atomic mass is 10.0. The van der Waals surface area contributed by atoms with E-state index in [4.69, 9.17) is 6.42 Å². The number of benzene rings is 2. The maximum atomic E-state index is 12.9. The summed E-state index contributed by atoms with van der Waals surface area (Å²) in [4.78, 5) is 41.4. The molecule has 3 aromatic rings. The number of H-pyrrole nitrogens is 1. The zero-order valence-electron chi connectivity index (χ0n) is 19.8. The molecule has 1 unspecified atom stereocenters. The van der Waals surface area contributed by atoms with Gasteiger partial charge in [0.25, 0.3) is 17.7 Å². The van der Waals surface area contributed by atoms with Crippen LogP contribution in [0.3, 0.4) is 0 Å². The second kappa shape index (κ2) is 9.74. The van der Waals surface area contributed by atoms with Crippen LogP contribution < -0.4 is 16.0 Å². The number of fused-ring (bicyclic) bond motifs is 1. The lowest BCUT2D eigenvalue weighted by Gasteiger charge is -2.14. The first kappa shape index (κ1) is 23.6. The van der Waals surface area contributed by atoms with Gasteiger partial charge < -0.3 is 20.9 Å². The molecule has 2 aromatic carbocycles. The van der Waals surface area contributed by atoms with Crippen LogP contribution in [0.4, 0.5) is 5.69 Å². The molecule has 4 rings (SSSR count). The minimum atomic E-state index is -0.278. The number of hydrogen-bond acceptors (Lipinski definition) is 3. The Morgan fingerprint density at radius 1 is 1.11 bits per heavy atom. The minimum Gasteiger partial charge on any atom is -0.358 e. The Morgan fingerprint density at radius 2 is 1.86 bits per heavy atom. The highest BCUT2D eigenvalue weighted by Crippen LogP contribution is 2.35. The standard InChI is InChI=1S/C28H26N4O3/c1-5-13-29-28(35)25-16(2)24(30-18(25)4)15-22-21-14-20(11-12-23(21)32-27(22)34)26(33)31-17(3)19-9-7-6-8-10-19/h1,6-12,14-15,17,30H,13H2,2-4H3,(H,29,35)(H,31,33)(H,32,34). The number of hydrogen-bond donors (Lipinski definition) is 4. The fourth-order valence-electron chi connectivity index (χ4n) is 4.20. The van der Waals surface area contributed by atoms with E-state index in [-0.39, 0.29) is 30.3 Å². The summed E-state index contributed by atoms with van der Waals surface area (Å²) in [5.41, 5.74) is 5.61. The van der Waals surface area contributed by atoms with E-state index in [9.17, 15) is 14.4 Å². The second-order valence-electron chi connectivity index (χ2n) is 8.43. The molecule has 0 fully saturated rings. The Hall–Kier alpha value is -4.57. The molecule has 0 saturated heterocycles. The lowest BCUT2D eigenvalue weighted by molar-refractivity contribution is -0.110. The van der Waals surface area contributed by atoms with Gasteiger partial charge in [-0.2, -0.15) is 0 Å². The number of terminal acetylenes is 1. The van der Waals surface area contributed by atoms with Gasteiger partial charge >= 0.3 is 0 Å². The molecule has 1 aromatic heterocycles. The van der Waals surface area contributed by atoms with Crippen LogP contribution in [0.25, 0.3) is 11.6 Å². The predicted octanol–water partition coefficient (Wildman–Crippen LogP) is 3.98. The third-order valence-electron chi connectivity index (χ3n) is 6.05. The SMILES string of the molecule is C#CCNC(=O)c1c(C)[nH]c(C=C2C(=O)Nc3ccc(C(=O)NC(C)c4ccccc4)cc32)c1C. The van der Waals surface area contributed by atoms with E-state index in [1.165, 1.54) is 0 Å². The average molecular weight is 467 g/mol. The molecule has 35 heavy (non-hydrogen) atoms. The van der Waals surface area contributed by atoms with Crippen LogP contribution in [0.1, 0.15) is 61.8 Å². The lowest BCUT2D eigenvalue weighted by Crippen LogP contribution is -2.26. The van der Waals surface area contributed by atoms with Crippen LogP contribution in [0.5, 0.6) is 0 Å². The highest BCUT2D eigenvalue weighted by atomic mass is 16.2. The van der Waals surface area contributed by atoms with Crippen molar-refractivity contribution < 1.29 is 14.4 Å². The van der Waals surface area contributed by atoms with Gasteiger partial charge in [0.1, 0.15) is 0 Å². The van der Waals surface area contributed by atoms with Gasteiger partial charge in [0.05, 0.1) is 23.7 Å². The number of anilines is 1. The molecule has 1 aliphatic heterocycles. The highest BCUT2D eigenvalue weighted by Gasteiger charge is 2.27. The zero-order valence-corrected chi connectivity index (χ0v) is 19.8. The highest BCUT2D eigenvalue weighted by molar-refractivity contribution is 6.35. The number of amides is 3. The molecular formula is C28H26N4O3. The Bertz CT molecular complexity index is 1390. The number of carbonyl (C=O) groups is 3. The second-order valence-corrected chi connectivity index (χ2v) is 8.43. The number of carbonyl (C=O) groups excluding carboxylic acids is 3. The topological polar surface area (TPSA) is 103 Å². The first-order chi connectivity index (χ1) is 16.8. The van der Waals surface area contributed by atoms with Gasteiger partial charge in [0, 0.05) is 28.2 Å². The molecule has 0 saturated carbocycles. The van der Waals surface area contributed by atoms with Crippen LogP contribution in [0.15, 0.2) is 48.5 Å². The van der Waals surface area contributed by atoms with Gasteiger partial charge in [-0.1, -0.05) is 36.3 Å². The molecule has 0 spiro atoms. The van der Waals surface area contributed by atoms with E-state index < -0.39 is 0 Å². The Kier molecular flexibility index (Phi) is 6.56. The third-order valence-corrected chi connectivity index (χ3v) is 6.05. The zero-order chi connectivity index (χ0) is 25.1. The minimum absolute atomic E-state index is 0.128. The van der Waals surface area contributed by atoms with Gasteiger partial charge in [-0.3, -0.25) is 14.4 Å². The van der Waals surface area contributed by atoms with Crippen molar-refractivity contribution in [3.8, 4) is 12.3 Å². The van der Waals surface area contributed by atoms with Crippen LogP contribution in [-0.2, 0) is 4.79 Å².